The van der Waals surface area contributed by atoms with Gasteiger partial charge >= 0.3 is 5.97 Å². The number of esters is 1. The number of para-hydroxylation sites is 1. The van der Waals surface area contributed by atoms with Crippen LogP contribution in [-0.4, -0.2) is 25.0 Å². The van der Waals surface area contributed by atoms with Crippen molar-refractivity contribution >= 4 is 17.6 Å². The highest BCUT2D eigenvalue weighted by Gasteiger charge is 2.19. The minimum atomic E-state index is -0.441. The van der Waals surface area contributed by atoms with Gasteiger partial charge in [-0.3, -0.25) is 4.79 Å². The molecule has 0 aliphatic carbocycles. The molecular formula is C15H22N2O3. The second-order valence-corrected chi connectivity index (χ2v) is 4.48. The molecule has 1 aromatic rings. The minimum absolute atomic E-state index is 0.161. The Labute approximate surface area is 119 Å². The predicted octanol–water partition coefficient (Wildman–Crippen LogP) is 2.18. The first kappa shape index (κ1) is 16.2. The molecular weight excluding hydrogens is 256 g/mol. The van der Waals surface area contributed by atoms with Crippen LogP contribution in [0.15, 0.2) is 24.3 Å². The summed E-state index contributed by atoms with van der Waals surface area (Å²) in [6.45, 7) is 4.33. The van der Waals surface area contributed by atoms with Crippen molar-refractivity contribution in [3.63, 3.8) is 0 Å². The Bertz CT molecular complexity index is 460. The van der Waals surface area contributed by atoms with Gasteiger partial charge in [-0.05, 0) is 25.5 Å². The van der Waals surface area contributed by atoms with Gasteiger partial charge in [-0.15, -0.1) is 0 Å². The summed E-state index contributed by atoms with van der Waals surface area (Å²) in [6, 6.07) is 6.80. The normalized spacial score (nSPS) is 11.8. The molecule has 20 heavy (non-hydrogen) atoms. The maximum atomic E-state index is 12.1. The van der Waals surface area contributed by atoms with Crippen LogP contribution >= 0.6 is 0 Å². The number of hydrogen-bond donors (Lipinski definition) is 2. The predicted molar refractivity (Wildman–Crippen MR) is 78.5 cm³/mol. The van der Waals surface area contributed by atoms with E-state index >= 15 is 0 Å². The van der Waals surface area contributed by atoms with Gasteiger partial charge in [-0.25, -0.2) is 4.79 Å². The van der Waals surface area contributed by atoms with E-state index in [1.165, 1.54) is 0 Å². The van der Waals surface area contributed by atoms with Gasteiger partial charge in [0.2, 0.25) is 5.91 Å². The van der Waals surface area contributed by atoms with E-state index in [1.807, 2.05) is 6.92 Å². The minimum Gasteiger partial charge on any atom is -0.462 e. The Hall–Kier alpha value is -1.88. The number of carbonyl (C=O) groups excluding carboxylic acids is 2. The van der Waals surface area contributed by atoms with Crippen LogP contribution in [0.4, 0.5) is 5.69 Å². The monoisotopic (exact) mass is 278 g/mol. The zero-order valence-electron chi connectivity index (χ0n) is 12.0. The Kier molecular flexibility index (Phi) is 6.73. The Morgan fingerprint density at radius 1 is 1.30 bits per heavy atom. The maximum absolute atomic E-state index is 12.1. The van der Waals surface area contributed by atoms with E-state index in [0.29, 0.717) is 24.4 Å². The fourth-order valence-corrected chi connectivity index (χ4v) is 1.92. The SMILES string of the molecule is CCCC(CN)C(=O)Nc1ccccc1C(=O)OCC. The Morgan fingerprint density at radius 3 is 2.60 bits per heavy atom. The van der Waals surface area contributed by atoms with E-state index in [4.69, 9.17) is 10.5 Å². The molecule has 0 saturated heterocycles. The van der Waals surface area contributed by atoms with Crippen molar-refractivity contribution in [2.45, 2.75) is 26.7 Å². The summed E-state index contributed by atoms with van der Waals surface area (Å²) in [4.78, 5) is 23.9. The molecule has 0 saturated carbocycles. The molecule has 0 aliphatic rings. The lowest BCUT2D eigenvalue weighted by molar-refractivity contribution is -0.119. The van der Waals surface area contributed by atoms with Crippen molar-refractivity contribution in [2.75, 3.05) is 18.5 Å². The number of rotatable bonds is 7. The van der Waals surface area contributed by atoms with Gasteiger partial charge in [0, 0.05) is 6.54 Å². The number of nitrogens with one attached hydrogen (secondary N) is 1. The van der Waals surface area contributed by atoms with Crippen molar-refractivity contribution < 1.29 is 14.3 Å². The van der Waals surface area contributed by atoms with Crippen LogP contribution < -0.4 is 11.1 Å². The topological polar surface area (TPSA) is 81.4 Å². The molecule has 5 heteroatoms. The number of nitrogens with two attached hydrogens (primary N) is 1. The van der Waals surface area contributed by atoms with E-state index in [9.17, 15) is 9.59 Å². The fourth-order valence-electron chi connectivity index (χ4n) is 1.92. The highest BCUT2D eigenvalue weighted by atomic mass is 16.5. The van der Waals surface area contributed by atoms with Crippen LogP contribution in [0.3, 0.4) is 0 Å². The third-order valence-corrected chi connectivity index (χ3v) is 2.97. The number of carbonyl (C=O) groups is 2. The molecule has 1 aromatic carbocycles. The number of benzene rings is 1. The largest absolute Gasteiger partial charge is 0.462 e. The first-order valence-corrected chi connectivity index (χ1v) is 6.91. The fraction of sp³-hybridized carbons (Fsp3) is 0.467. The van der Waals surface area contributed by atoms with Crippen molar-refractivity contribution in [3.05, 3.63) is 29.8 Å². The molecule has 110 valence electrons. The van der Waals surface area contributed by atoms with E-state index in [0.717, 1.165) is 12.8 Å². The summed E-state index contributed by atoms with van der Waals surface area (Å²) in [5.74, 6) is -0.843. The summed E-state index contributed by atoms with van der Waals surface area (Å²) >= 11 is 0. The highest BCUT2D eigenvalue weighted by molar-refractivity contribution is 6.01. The summed E-state index contributed by atoms with van der Waals surface area (Å²) in [5.41, 5.74) is 6.43. The van der Waals surface area contributed by atoms with Gasteiger partial charge < -0.3 is 15.8 Å². The molecule has 3 N–H and O–H groups in total. The third-order valence-electron chi connectivity index (χ3n) is 2.97. The summed E-state index contributed by atoms with van der Waals surface area (Å²) in [6.07, 6.45) is 1.61. The standard InChI is InChI=1S/C15H22N2O3/c1-3-7-11(10-16)14(18)17-13-9-6-5-8-12(13)15(19)20-4-2/h5-6,8-9,11H,3-4,7,10,16H2,1-2H3,(H,17,18). The quantitative estimate of drug-likeness (QED) is 0.749. The van der Waals surface area contributed by atoms with Crippen molar-refractivity contribution in [2.24, 2.45) is 11.7 Å². The second-order valence-electron chi connectivity index (χ2n) is 4.48. The van der Waals surface area contributed by atoms with Crippen LogP contribution in [0.2, 0.25) is 0 Å². The molecule has 0 heterocycles. The number of ether oxygens (including phenoxy) is 1. The van der Waals surface area contributed by atoms with Crippen molar-refractivity contribution in [1.29, 1.82) is 0 Å². The summed E-state index contributed by atoms with van der Waals surface area (Å²) in [5, 5.41) is 2.77. The zero-order chi connectivity index (χ0) is 15.0. The van der Waals surface area contributed by atoms with Crippen LogP contribution in [-0.2, 0) is 9.53 Å². The molecule has 5 nitrogen and oxygen atoms in total. The van der Waals surface area contributed by atoms with E-state index < -0.39 is 5.97 Å². The molecule has 1 unspecified atom stereocenters. The smallest absolute Gasteiger partial charge is 0.340 e. The lowest BCUT2D eigenvalue weighted by atomic mass is 10.0. The molecule has 1 amide bonds. The van der Waals surface area contributed by atoms with Crippen molar-refractivity contribution in [3.8, 4) is 0 Å². The molecule has 0 aromatic heterocycles. The lowest BCUT2D eigenvalue weighted by Gasteiger charge is -2.15. The van der Waals surface area contributed by atoms with E-state index in [2.05, 4.69) is 5.32 Å². The molecule has 0 fully saturated rings. The molecule has 0 bridgehead atoms. The average molecular weight is 278 g/mol. The first-order chi connectivity index (χ1) is 9.63. The second kappa shape index (κ2) is 8.32. The van der Waals surface area contributed by atoms with Crippen LogP contribution in [0.1, 0.15) is 37.0 Å². The number of anilines is 1. The van der Waals surface area contributed by atoms with Crippen LogP contribution in [0.25, 0.3) is 0 Å². The first-order valence-electron chi connectivity index (χ1n) is 6.91. The van der Waals surface area contributed by atoms with Gasteiger partial charge in [0.1, 0.15) is 0 Å². The Morgan fingerprint density at radius 2 is 2.00 bits per heavy atom. The summed E-state index contributed by atoms with van der Waals surface area (Å²) < 4.78 is 4.97. The molecule has 0 aliphatic heterocycles. The number of amides is 1. The molecule has 1 atom stereocenters. The van der Waals surface area contributed by atoms with Gasteiger partial charge in [0.05, 0.1) is 23.8 Å². The molecule has 0 radical (unpaired) electrons. The van der Waals surface area contributed by atoms with E-state index in [1.54, 1.807) is 31.2 Å². The van der Waals surface area contributed by atoms with Gasteiger partial charge in [-0.1, -0.05) is 25.5 Å². The maximum Gasteiger partial charge on any atom is 0.340 e. The van der Waals surface area contributed by atoms with Crippen molar-refractivity contribution in [1.82, 2.24) is 0 Å². The third kappa shape index (κ3) is 4.35. The average Bonchev–Trinajstić information content (AvgIpc) is 2.45. The van der Waals surface area contributed by atoms with E-state index in [-0.39, 0.29) is 11.8 Å². The lowest BCUT2D eigenvalue weighted by Crippen LogP contribution is -2.29. The van der Waals surface area contributed by atoms with Gasteiger partial charge in [-0.2, -0.15) is 0 Å². The van der Waals surface area contributed by atoms with Crippen LogP contribution in [0.5, 0.6) is 0 Å². The Balaban J connectivity index is 2.86. The highest BCUT2D eigenvalue weighted by Crippen LogP contribution is 2.18. The van der Waals surface area contributed by atoms with Gasteiger partial charge in [0.15, 0.2) is 0 Å². The van der Waals surface area contributed by atoms with Gasteiger partial charge in [0.25, 0.3) is 0 Å². The molecule has 1 rings (SSSR count). The number of hydrogen-bond acceptors (Lipinski definition) is 4. The summed E-state index contributed by atoms with van der Waals surface area (Å²) in [7, 11) is 0. The van der Waals surface area contributed by atoms with Crippen LogP contribution in [0, 0.1) is 5.92 Å². The zero-order valence-corrected chi connectivity index (χ0v) is 12.0. The molecule has 0 spiro atoms.